The van der Waals surface area contributed by atoms with E-state index in [-0.39, 0.29) is 19.7 Å². The average molecular weight is 249 g/mol. The molecule has 0 amide bonds. The lowest BCUT2D eigenvalue weighted by molar-refractivity contribution is -0.137. The quantitative estimate of drug-likeness (QED) is 0.733. The monoisotopic (exact) mass is 249 g/mol. The molecule has 3 nitrogen and oxygen atoms in total. The Labute approximate surface area is 96.9 Å². The van der Waals surface area contributed by atoms with Crippen molar-refractivity contribution in [3.63, 3.8) is 0 Å². The molecule has 1 aromatic carbocycles. The van der Waals surface area contributed by atoms with Gasteiger partial charge in [0.25, 0.3) is 0 Å². The molecule has 0 heterocycles. The van der Waals surface area contributed by atoms with Gasteiger partial charge in [0, 0.05) is 13.1 Å². The zero-order chi connectivity index (χ0) is 12.9. The lowest BCUT2D eigenvalue weighted by Crippen LogP contribution is -2.29. The summed E-state index contributed by atoms with van der Waals surface area (Å²) < 4.78 is 37.1. The van der Waals surface area contributed by atoms with Crippen molar-refractivity contribution in [1.29, 1.82) is 0 Å². The normalized spacial score (nSPS) is 13.7. The first kappa shape index (κ1) is 14.0. The first-order chi connectivity index (χ1) is 7.93. The highest BCUT2D eigenvalue weighted by atomic mass is 19.4. The molecule has 0 bridgehead atoms. The fourth-order valence-corrected chi connectivity index (χ4v) is 1.31. The molecule has 1 aromatic rings. The number of hydrogen-bond acceptors (Lipinski definition) is 3. The van der Waals surface area contributed by atoms with Gasteiger partial charge in [0.1, 0.15) is 0 Å². The Bertz CT molecular complexity index is 355. The Morgan fingerprint density at radius 1 is 1.29 bits per heavy atom. The highest BCUT2D eigenvalue weighted by Gasteiger charge is 2.30. The van der Waals surface area contributed by atoms with Crippen molar-refractivity contribution in [2.75, 3.05) is 13.2 Å². The van der Waals surface area contributed by atoms with Crippen molar-refractivity contribution in [3.8, 4) is 0 Å². The van der Waals surface area contributed by atoms with Crippen LogP contribution in [0.4, 0.5) is 13.2 Å². The van der Waals surface area contributed by atoms with Crippen LogP contribution in [0.15, 0.2) is 24.3 Å². The maximum absolute atomic E-state index is 12.4. The standard InChI is InChI=1S/C11H14F3NO2/c12-11(13,14)9-3-1-2-8(4-9)5-15-6-10(17)7-16/h1-4,10,15-17H,5-7H2. The third-order valence-corrected chi connectivity index (χ3v) is 2.17. The summed E-state index contributed by atoms with van der Waals surface area (Å²) in [6, 6.07) is 4.96. The van der Waals surface area contributed by atoms with E-state index in [2.05, 4.69) is 5.32 Å². The van der Waals surface area contributed by atoms with Crippen LogP contribution >= 0.6 is 0 Å². The predicted octanol–water partition coefficient (Wildman–Crippen LogP) is 1.15. The van der Waals surface area contributed by atoms with Crippen LogP contribution in [-0.2, 0) is 12.7 Å². The van der Waals surface area contributed by atoms with Crippen molar-refractivity contribution in [1.82, 2.24) is 5.32 Å². The van der Waals surface area contributed by atoms with Gasteiger partial charge >= 0.3 is 6.18 Å². The molecular weight excluding hydrogens is 235 g/mol. The smallest absolute Gasteiger partial charge is 0.394 e. The van der Waals surface area contributed by atoms with Gasteiger partial charge in [0.05, 0.1) is 18.3 Å². The maximum atomic E-state index is 12.4. The number of benzene rings is 1. The van der Waals surface area contributed by atoms with E-state index in [0.29, 0.717) is 5.56 Å². The molecule has 0 aliphatic rings. The number of aliphatic hydroxyl groups is 2. The van der Waals surface area contributed by atoms with E-state index in [1.807, 2.05) is 0 Å². The molecule has 0 saturated heterocycles. The van der Waals surface area contributed by atoms with Gasteiger partial charge in [-0.1, -0.05) is 18.2 Å². The van der Waals surface area contributed by atoms with Crippen LogP contribution in [-0.4, -0.2) is 29.5 Å². The molecule has 6 heteroatoms. The molecule has 0 saturated carbocycles. The first-order valence-corrected chi connectivity index (χ1v) is 5.09. The SMILES string of the molecule is OCC(O)CNCc1cccc(C(F)(F)F)c1. The highest BCUT2D eigenvalue weighted by Crippen LogP contribution is 2.29. The molecule has 1 unspecified atom stereocenters. The molecule has 17 heavy (non-hydrogen) atoms. The summed E-state index contributed by atoms with van der Waals surface area (Å²) in [5.74, 6) is 0. The van der Waals surface area contributed by atoms with Gasteiger partial charge in [0.2, 0.25) is 0 Å². The fourth-order valence-electron chi connectivity index (χ4n) is 1.31. The topological polar surface area (TPSA) is 52.5 Å². The molecule has 0 aliphatic carbocycles. The summed E-state index contributed by atoms with van der Waals surface area (Å²) in [6.07, 6.45) is -5.25. The molecule has 96 valence electrons. The van der Waals surface area contributed by atoms with E-state index in [9.17, 15) is 13.2 Å². The van der Waals surface area contributed by atoms with E-state index in [1.54, 1.807) is 6.07 Å². The molecule has 0 aliphatic heterocycles. The molecule has 1 atom stereocenters. The Morgan fingerprint density at radius 3 is 2.59 bits per heavy atom. The van der Waals surface area contributed by atoms with Crippen molar-refractivity contribution < 1.29 is 23.4 Å². The van der Waals surface area contributed by atoms with Gasteiger partial charge in [-0.05, 0) is 11.6 Å². The number of aliphatic hydroxyl groups excluding tert-OH is 2. The van der Waals surface area contributed by atoms with Crippen molar-refractivity contribution >= 4 is 0 Å². The van der Waals surface area contributed by atoms with E-state index in [1.165, 1.54) is 6.07 Å². The van der Waals surface area contributed by atoms with Gasteiger partial charge in [-0.15, -0.1) is 0 Å². The summed E-state index contributed by atoms with van der Waals surface area (Å²) in [5.41, 5.74) is -0.218. The predicted molar refractivity (Wildman–Crippen MR) is 56.2 cm³/mol. The van der Waals surface area contributed by atoms with Crippen LogP contribution < -0.4 is 5.32 Å². The second-order valence-electron chi connectivity index (χ2n) is 3.67. The van der Waals surface area contributed by atoms with Gasteiger partial charge in [-0.2, -0.15) is 13.2 Å². The Kier molecular flexibility index (Phi) is 4.92. The van der Waals surface area contributed by atoms with E-state index < -0.39 is 17.8 Å². The minimum atomic E-state index is -4.35. The minimum absolute atomic E-state index is 0.132. The van der Waals surface area contributed by atoms with Crippen molar-refractivity contribution in [2.45, 2.75) is 18.8 Å². The number of nitrogens with one attached hydrogen (secondary N) is 1. The van der Waals surface area contributed by atoms with Crippen LogP contribution in [0.5, 0.6) is 0 Å². The number of hydrogen-bond donors (Lipinski definition) is 3. The Morgan fingerprint density at radius 2 is 2.00 bits per heavy atom. The molecular formula is C11H14F3NO2. The summed E-state index contributed by atoms with van der Waals surface area (Å²) in [6.45, 7) is -0.0384. The average Bonchev–Trinajstić information content (AvgIpc) is 2.28. The molecule has 0 aromatic heterocycles. The van der Waals surface area contributed by atoms with Crippen LogP contribution in [0.1, 0.15) is 11.1 Å². The fraction of sp³-hybridized carbons (Fsp3) is 0.455. The number of rotatable bonds is 5. The van der Waals surface area contributed by atoms with Crippen LogP contribution in [0.25, 0.3) is 0 Å². The van der Waals surface area contributed by atoms with Crippen molar-refractivity contribution in [2.24, 2.45) is 0 Å². The van der Waals surface area contributed by atoms with E-state index in [4.69, 9.17) is 10.2 Å². The largest absolute Gasteiger partial charge is 0.416 e. The summed E-state index contributed by atoms with van der Waals surface area (Å²) in [5, 5.41) is 20.3. The minimum Gasteiger partial charge on any atom is -0.394 e. The first-order valence-electron chi connectivity index (χ1n) is 5.09. The van der Waals surface area contributed by atoms with Gasteiger partial charge in [-0.3, -0.25) is 0 Å². The number of alkyl halides is 3. The summed E-state index contributed by atoms with van der Waals surface area (Å²) in [7, 11) is 0. The Hall–Kier alpha value is -1.11. The lowest BCUT2D eigenvalue weighted by atomic mass is 10.1. The third-order valence-electron chi connectivity index (χ3n) is 2.17. The third kappa shape index (κ3) is 4.72. The van der Waals surface area contributed by atoms with E-state index in [0.717, 1.165) is 12.1 Å². The second kappa shape index (κ2) is 6.00. The molecule has 3 N–H and O–H groups in total. The summed E-state index contributed by atoms with van der Waals surface area (Å²) >= 11 is 0. The lowest BCUT2D eigenvalue weighted by Gasteiger charge is -2.11. The highest BCUT2D eigenvalue weighted by molar-refractivity contribution is 5.25. The van der Waals surface area contributed by atoms with Crippen LogP contribution in [0, 0.1) is 0 Å². The van der Waals surface area contributed by atoms with Gasteiger partial charge in [-0.25, -0.2) is 0 Å². The van der Waals surface area contributed by atoms with Crippen molar-refractivity contribution in [3.05, 3.63) is 35.4 Å². The van der Waals surface area contributed by atoms with Gasteiger partial charge in [0.15, 0.2) is 0 Å². The zero-order valence-corrected chi connectivity index (χ0v) is 9.04. The van der Waals surface area contributed by atoms with Gasteiger partial charge < -0.3 is 15.5 Å². The van der Waals surface area contributed by atoms with Crippen LogP contribution in [0.3, 0.4) is 0 Å². The zero-order valence-electron chi connectivity index (χ0n) is 9.04. The molecule has 0 spiro atoms. The molecule has 0 fully saturated rings. The number of halogens is 3. The van der Waals surface area contributed by atoms with Crippen LogP contribution in [0.2, 0.25) is 0 Å². The molecule has 0 radical (unpaired) electrons. The second-order valence-corrected chi connectivity index (χ2v) is 3.67. The van der Waals surface area contributed by atoms with E-state index >= 15 is 0 Å². The summed E-state index contributed by atoms with van der Waals surface area (Å²) in [4.78, 5) is 0. The molecule has 1 rings (SSSR count). The maximum Gasteiger partial charge on any atom is 0.416 e. The Balaban J connectivity index is 2.55.